The third kappa shape index (κ3) is 6.20. The summed E-state index contributed by atoms with van der Waals surface area (Å²) in [6.45, 7) is 8.76. The largest absolute Gasteiger partial charge is 0.459 e. The molecular weight excluding hydrogens is 298 g/mol. The average molecular weight is 323 g/mol. The molecule has 0 amide bonds. The van der Waals surface area contributed by atoms with E-state index in [1.807, 2.05) is 30.3 Å². The Labute approximate surface area is 136 Å². The molecule has 2 N–H and O–H groups in total. The van der Waals surface area contributed by atoms with Gasteiger partial charge in [0.25, 0.3) is 0 Å². The summed E-state index contributed by atoms with van der Waals surface area (Å²) in [6.07, 6.45) is 0.455. The number of carbonyl (C=O) groups is 2. The van der Waals surface area contributed by atoms with E-state index in [2.05, 4.69) is 0 Å². The van der Waals surface area contributed by atoms with Crippen LogP contribution in [0.2, 0.25) is 0 Å². The molecule has 0 bridgehead atoms. The summed E-state index contributed by atoms with van der Waals surface area (Å²) in [7, 11) is 0. The summed E-state index contributed by atoms with van der Waals surface area (Å²) in [6, 6.07) is 8.94. The summed E-state index contributed by atoms with van der Waals surface area (Å²) in [4.78, 5) is 24.4. The molecule has 1 aromatic carbocycles. The van der Waals surface area contributed by atoms with Crippen molar-refractivity contribution in [2.45, 2.75) is 57.4 Å². The molecule has 0 radical (unpaired) electrons. The van der Waals surface area contributed by atoms with Crippen LogP contribution in [0.5, 0.6) is 0 Å². The van der Waals surface area contributed by atoms with E-state index in [-0.39, 0.29) is 5.12 Å². The Morgan fingerprint density at radius 2 is 1.68 bits per heavy atom. The van der Waals surface area contributed by atoms with Crippen LogP contribution in [0.15, 0.2) is 30.3 Å². The Balaban J connectivity index is 2.64. The summed E-state index contributed by atoms with van der Waals surface area (Å²) < 4.78 is 4.39. The van der Waals surface area contributed by atoms with Crippen LogP contribution in [0, 0.1) is 0 Å². The summed E-state index contributed by atoms with van der Waals surface area (Å²) >= 11 is 0.940. The first-order chi connectivity index (χ1) is 10.0. The van der Waals surface area contributed by atoms with Gasteiger partial charge in [0.1, 0.15) is 10.3 Å². The second kappa shape index (κ2) is 7.29. The third-order valence-corrected chi connectivity index (χ3v) is 4.03. The van der Waals surface area contributed by atoms with Crippen LogP contribution < -0.4 is 5.73 Å². The van der Waals surface area contributed by atoms with Crippen LogP contribution in [0.3, 0.4) is 0 Å². The standard InChI is InChI=1S/C17H25NO3S/c1-16(2,3)21-15(20)17(4,5)22-14(19)13(18)11-12-9-7-6-8-10-12/h6-10,13H,11,18H2,1-5H3/t13-/m0/s1. The van der Waals surface area contributed by atoms with Gasteiger partial charge in [-0.3, -0.25) is 9.59 Å². The van der Waals surface area contributed by atoms with Crippen LogP contribution >= 0.6 is 11.8 Å². The van der Waals surface area contributed by atoms with Crippen molar-refractivity contribution < 1.29 is 14.3 Å². The molecule has 22 heavy (non-hydrogen) atoms. The minimum Gasteiger partial charge on any atom is -0.459 e. The number of hydrogen-bond donors (Lipinski definition) is 1. The zero-order valence-electron chi connectivity index (χ0n) is 13.9. The van der Waals surface area contributed by atoms with Gasteiger partial charge in [0.05, 0.1) is 6.04 Å². The Hall–Kier alpha value is -1.33. The van der Waals surface area contributed by atoms with E-state index in [0.29, 0.717) is 6.42 Å². The van der Waals surface area contributed by atoms with E-state index in [1.54, 1.807) is 34.6 Å². The molecule has 1 atom stereocenters. The first-order valence-corrected chi connectivity index (χ1v) is 8.09. The van der Waals surface area contributed by atoms with Crippen LogP contribution in [0.25, 0.3) is 0 Å². The number of carbonyl (C=O) groups excluding carboxylic acids is 2. The molecule has 5 heteroatoms. The van der Waals surface area contributed by atoms with Gasteiger partial charge in [-0.25, -0.2) is 0 Å². The molecule has 0 aliphatic heterocycles. The van der Waals surface area contributed by atoms with Crippen LogP contribution in [0.1, 0.15) is 40.2 Å². The monoisotopic (exact) mass is 323 g/mol. The van der Waals surface area contributed by atoms with Crippen LogP contribution in [-0.2, 0) is 20.7 Å². The molecule has 0 saturated carbocycles. The zero-order chi connectivity index (χ0) is 17.0. The molecule has 4 nitrogen and oxygen atoms in total. The lowest BCUT2D eigenvalue weighted by molar-refractivity contribution is -0.157. The number of nitrogens with two attached hydrogens (primary N) is 1. The van der Waals surface area contributed by atoms with E-state index in [1.165, 1.54) is 0 Å². The fourth-order valence-corrected chi connectivity index (χ4v) is 2.58. The van der Waals surface area contributed by atoms with E-state index >= 15 is 0 Å². The number of hydrogen-bond acceptors (Lipinski definition) is 5. The fourth-order valence-electron chi connectivity index (χ4n) is 1.72. The molecule has 122 valence electrons. The maximum absolute atomic E-state index is 12.3. The molecular formula is C17H25NO3S. The van der Waals surface area contributed by atoms with Crippen LogP contribution in [0.4, 0.5) is 0 Å². The lowest BCUT2D eigenvalue weighted by atomic mass is 10.1. The topological polar surface area (TPSA) is 69.4 Å². The summed E-state index contributed by atoms with van der Waals surface area (Å²) in [5, 5.41) is -0.209. The number of ether oxygens (including phenoxy) is 1. The van der Waals surface area contributed by atoms with E-state index in [4.69, 9.17) is 10.5 Å². The second-order valence-electron chi connectivity index (χ2n) is 6.73. The van der Waals surface area contributed by atoms with Crippen molar-refractivity contribution in [2.24, 2.45) is 5.73 Å². The van der Waals surface area contributed by atoms with Gasteiger partial charge in [0, 0.05) is 0 Å². The quantitative estimate of drug-likeness (QED) is 0.844. The van der Waals surface area contributed by atoms with Crippen molar-refractivity contribution in [2.75, 3.05) is 0 Å². The number of rotatable bonds is 5. The number of esters is 1. The first-order valence-electron chi connectivity index (χ1n) is 7.27. The number of benzene rings is 1. The highest BCUT2D eigenvalue weighted by molar-refractivity contribution is 8.15. The Morgan fingerprint density at radius 3 is 2.18 bits per heavy atom. The lowest BCUT2D eigenvalue weighted by Crippen LogP contribution is -2.40. The minimum atomic E-state index is -0.960. The highest BCUT2D eigenvalue weighted by atomic mass is 32.2. The lowest BCUT2D eigenvalue weighted by Gasteiger charge is -2.28. The molecule has 1 aromatic rings. The highest BCUT2D eigenvalue weighted by Crippen LogP contribution is 2.29. The first kappa shape index (κ1) is 18.7. The highest BCUT2D eigenvalue weighted by Gasteiger charge is 2.36. The molecule has 0 heterocycles. The van der Waals surface area contributed by atoms with Crippen LogP contribution in [-0.4, -0.2) is 27.5 Å². The van der Waals surface area contributed by atoms with Gasteiger partial charge in [-0.05, 0) is 46.6 Å². The van der Waals surface area contributed by atoms with Gasteiger partial charge >= 0.3 is 5.97 Å². The van der Waals surface area contributed by atoms with Crippen molar-refractivity contribution in [1.29, 1.82) is 0 Å². The second-order valence-corrected chi connectivity index (χ2v) is 8.36. The van der Waals surface area contributed by atoms with E-state index in [0.717, 1.165) is 17.3 Å². The molecule has 0 aromatic heterocycles. The number of thioether (sulfide) groups is 1. The normalized spacial score (nSPS) is 13.5. The fraction of sp³-hybridized carbons (Fsp3) is 0.529. The summed E-state index contributed by atoms with van der Waals surface area (Å²) in [5.74, 6) is -0.412. The maximum Gasteiger partial charge on any atom is 0.322 e. The maximum atomic E-state index is 12.3. The van der Waals surface area contributed by atoms with Crippen molar-refractivity contribution in [3.05, 3.63) is 35.9 Å². The molecule has 1 rings (SSSR count). The van der Waals surface area contributed by atoms with E-state index in [9.17, 15) is 9.59 Å². The van der Waals surface area contributed by atoms with Gasteiger partial charge < -0.3 is 10.5 Å². The molecule has 0 spiro atoms. The predicted octanol–water partition coefficient (Wildman–Crippen LogP) is 2.94. The Morgan fingerprint density at radius 1 is 1.14 bits per heavy atom. The van der Waals surface area contributed by atoms with Crippen molar-refractivity contribution in [1.82, 2.24) is 0 Å². The zero-order valence-corrected chi connectivity index (χ0v) is 14.7. The Kier molecular flexibility index (Phi) is 6.20. The molecule has 0 aliphatic carbocycles. The predicted molar refractivity (Wildman–Crippen MR) is 90.6 cm³/mol. The van der Waals surface area contributed by atoms with Gasteiger partial charge in [0.15, 0.2) is 0 Å². The smallest absolute Gasteiger partial charge is 0.322 e. The molecule has 0 saturated heterocycles. The van der Waals surface area contributed by atoms with Gasteiger partial charge in [-0.1, -0.05) is 42.1 Å². The molecule has 0 unspecified atom stereocenters. The average Bonchev–Trinajstić information content (AvgIpc) is 2.37. The third-order valence-electron chi connectivity index (χ3n) is 2.85. The molecule has 0 fully saturated rings. The molecule has 0 aliphatic rings. The van der Waals surface area contributed by atoms with Crippen molar-refractivity contribution in [3.63, 3.8) is 0 Å². The van der Waals surface area contributed by atoms with Gasteiger partial charge in [-0.2, -0.15) is 0 Å². The Bertz CT molecular complexity index is 520. The van der Waals surface area contributed by atoms with Gasteiger partial charge in [0.2, 0.25) is 5.12 Å². The summed E-state index contributed by atoms with van der Waals surface area (Å²) in [5.41, 5.74) is 6.38. The SMILES string of the molecule is CC(C)(C)OC(=O)C(C)(C)SC(=O)[C@@H](N)Cc1ccccc1. The van der Waals surface area contributed by atoms with Crippen molar-refractivity contribution >= 4 is 22.8 Å². The van der Waals surface area contributed by atoms with E-state index < -0.39 is 22.4 Å². The minimum absolute atomic E-state index is 0.209. The van der Waals surface area contributed by atoms with Crippen molar-refractivity contribution in [3.8, 4) is 0 Å². The van der Waals surface area contributed by atoms with Gasteiger partial charge in [-0.15, -0.1) is 0 Å².